The normalized spacial score (nSPS) is 15.4. The number of pyridine rings is 2. The molecule has 230 valence electrons. The molecule has 1 unspecified atom stereocenters. The Bertz CT molecular complexity index is 1740. The summed E-state index contributed by atoms with van der Waals surface area (Å²) in [5.74, 6) is 0.660. The predicted molar refractivity (Wildman–Crippen MR) is 172 cm³/mol. The SMILES string of the molecule is COc1cc(C(=O)NCC(c2cc3c(c(-c4cc(Cl)c(F)c(Cl)c4)n2)OCC3(C)C)C2CC2)cc2cc(Br)cnc12.NC=O. The van der Waals surface area contributed by atoms with E-state index < -0.39 is 5.82 Å². The Morgan fingerprint density at radius 2 is 1.91 bits per heavy atom. The molecular weight excluding hydrogens is 674 g/mol. The highest BCUT2D eigenvalue weighted by molar-refractivity contribution is 9.10. The molecule has 6 rings (SSSR count). The predicted octanol–water partition coefficient (Wildman–Crippen LogP) is 7.21. The second-order valence-corrected chi connectivity index (χ2v) is 13.1. The maximum absolute atomic E-state index is 14.2. The number of nitrogens with zero attached hydrogens (tertiary/aromatic N) is 2. The molecule has 2 aromatic heterocycles. The number of fused-ring (bicyclic) bond motifs is 2. The summed E-state index contributed by atoms with van der Waals surface area (Å²) >= 11 is 15.8. The molecular formula is C32H30BrCl2FN4O4. The van der Waals surface area contributed by atoms with Gasteiger partial charge in [-0.1, -0.05) is 37.0 Å². The summed E-state index contributed by atoms with van der Waals surface area (Å²) < 4.78 is 26.7. The van der Waals surface area contributed by atoms with E-state index in [0.717, 1.165) is 34.0 Å². The summed E-state index contributed by atoms with van der Waals surface area (Å²) in [6.07, 6.45) is 4.04. The molecule has 3 heterocycles. The number of methoxy groups -OCH3 is 1. The minimum atomic E-state index is -0.668. The molecule has 1 atom stereocenters. The number of nitrogens with one attached hydrogen (secondary N) is 1. The van der Waals surface area contributed by atoms with Crippen molar-refractivity contribution < 1.29 is 23.5 Å². The van der Waals surface area contributed by atoms with E-state index >= 15 is 0 Å². The number of aromatic nitrogens is 2. The average Bonchev–Trinajstić information content (AvgIpc) is 3.78. The summed E-state index contributed by atoms with van der Waals surface area (Å²) in [4.78, 5) is 31.4. The highest BCUT2D eigenvalue weighted by Crippen LogP contribution is 2.48. The first-order chi connectivity index (χ1) is 21.0. The van der Waals surface area contributed by atoms with E-state index in [1.54, 1.807) is 19.4 Å². The zero-order valence-electron chi connectivity index (χ0n) is 24.2. The van der Waals surface area contributed by atoms with E-state index in [4.69, 9.17) is 42.5 Å². The quantitative estimate of drug-likeness (QED) is 0.155. The topological polar surface area (TPSA) is 116 Å². The third-order valence-electron chi connectivity index (χ3n) is 7.81. The minimum absolute atomic E-state index is 0.0241. The largest absolute Gasteiger partial charge is 0.494 e. The standard InChI is InChI=1S/C31H27BrCl2FN3O3.CH3NO/c1-31(2)14-41-29-21(31)11-24(38-28(29)17-8-22(33)26(35)23(34)9-17)20(15-4-5-15)13-37-30(39)18-6-16-7-19(32)12-36-27(16)25(10-18)40-3;2-1-3/h6-12,15,20H,4-5,13-14H2,1-3H3,(H,37,39);1H,(H2,2,3). The second-order valence-electron chi connectivity index (χ2n) is 11.4. The lowest BCUT2D eigenvalue weighted by Crippen LogP contribution is -2.30. The van der Waals surface area contributed by atoms with Gasteiger partial charge >= 0.3 is 0 Å². The number of rotatable bonds is 7. The van der Waals surface area contributed by atoms with Crippen molar-refractivity contribution in [3.63, 3.8) is 0 Å². The number of amides is 2. The van der Waals surface area contributed by atoms with E-state index in [1.165, 1.54) is 12.1 Å². The van der Waals surface area contributed by atoms with Crippen molar-refractivity contribution in [3.05, 3.63) is 79.8 Å². The van der Waals surface area contributed by atoms with Crippen LogP contribution in [0, 0.1) is 11.7 Å². The summed E-state index contributed by atoms with van der Waals surface area (Å²) in [7, 11) is 1.56. The van der Waals surface area contributed by atoms with Gasteiger partial charge in [-0.3, -0.25) is 14.6 Å². The van der Waals surface area contributed by atoms with Crippen LogP contribution in [0.4, 0.5) is 4.39 Å². The van der Waals surface area contributed by atoms with Crippen molar-refractivity contribution in [2.45, 2.75) is 38.0 Å². The fraction of sp³-hybridized carbons (Fsp3) is 0.312. The van der Waals surface area contributed by atoms with Gasteiger partial charge in [0.25, 0.3) is 5.91 Å². The van der Waals surface area contributed by atoms with Gasteiger partial charge in [0.2, 0.25) is 6.41 Å². The maximum Gasteiger partial charge on any atom is 0.251 e. The first-order valence-corrected chi connectivity index (χ1v) is 15.4. The van der Waals surface area contributed by atoms with Gasteiger partial charge in [-0.2, -0.15) is 0 Å². The molecule has 1 aliphatic heterocycles. The number of benzene rings is 2. The molecule has 2 aromatic carbocycles. The van der Waals surface area contributed by atoms with Crippen LogP contribution < -0.4 is 20.5 Å². The van der Waals surface area contributed by atoms with Crippen LogP contribution in [0.15, 0.2) is 47.1 Å². The van der Waals surface area contributed by atoms with Gasteiger partial charge in [-0.05, 0) is 71.1 Å². The van der Waals surface area contributed by atoms with Gasteiger partial charge in [0, 0.05) is 56.3 Å². The first kappa shape index (κ1) is 31.9. The Hall–Kier alpha value is -3.47. The van der Waals surface area contributed by atoms with Crippen LogP contribution in [-0.2, 0) is 10.2 Å². The van der Waals surface area contributed by atoms with Crippen molar-refractivity contribution in [1.29, 1.82) is 0 Å². The van der Waals surface area contributed by atoms with E-state index in [0.29, 0.717) is 52.9 Å². The minimum Gasteiger partial charge on any atom is -0.494 e. The molecule has 1 saturated carbocycles. The summed E-state index contributed by atoms with van der Waals surface area (Å²) in [6, 6.07) is 10.6. The second kappa shape index (κ2) is 12.9. The molecule has 3 N–H and O–H groups in total. The van der Waals surface area contributed by atoms with Gasteiger partial charge < -0.3 is 20.5 Å². The number of halogens is 4. The van der Waals surface area contributed by atoms with Crippen LogP contribution in [0.25, 0.3) is 22.2 Å². The van der Waals surface area contributed by atoms with Crippen LogP contribution in [0.5, 0.6) is 11.5 Å². The lowest BCUT2D eigenvalue weighted by Gasteiger charge is -2.22. The molecule has 0 bridgehead atoms. The van der Waals surface area contributed by atoms with E-state index in [9.17, 15) is 9.18 Å². The lowest BCUT2D eigenvalue weighted by atomic mass is 9.84. The maximum atomic E-state index is 14.2. The molecule has 0 spiro atoms. The number of hydrogen-bond acceptors (Lipinski definition) is 6. The molecule has 2 amide bonds. The van der Waals surface area contributed by atoms with Crippen LogP contribution in [0.3, 0.4) is 0 Å². The van der Waals surface area contributed by atoms with E-state index in [-0.39, 0.29) is 33.7 Å². The van der Waals surface area contributed by atoms with Crippen LogP contribution in [0.1, 0.15) is 54.2 Å². The Morgan fingerprint density at radius 3 is 2.55 bits per heavy atom. The van der Waals surface area contributed by atoms with Gasteiger partial charge in [0.15, 0.2) is 5.82 Å². The van der Waals surface area contributed by atoms with Crippen molar-refractivity contribution in [3.8, 4) is 22.8 Å². The van der Waals surface area contributed by atoms with Crippen LogP contribution >= 0.6 is 39.1 Å². The lowest BCUT2D eigenvalue weighted by molar-refractivity contribution is -0.106. The molecule has 12 heteroatoms. The van der Waals surface area contributed by atoms with Crippen molar-refractivity contribution in [2.24, 2.45) is 11.7 Å². The highest BCUT2D eigenvalue weighted by Gasteiger charge is 2.39. The van der Waals surface area contributed by atoms with Crippen molar-refractivity contribution >= 4 is 62.4 Å². The zero-order chi connectivity index (χ0) is 31.8. The zero-order valence-corrected chi connectivity index (χ0v) is 27.3. The fourth-order valence-corrected chi connectivity index (χ4v) is 6.24. The Labute approximate surface area is 272 Å². The van der Waals surface area contributed by atoms with Gasteiger partial charge in [-0.25, -0.2) is 9.37 Å². The number of carbonyl (C=O) groups excluding carboxylic acids is 2. The summed E-state index contributed by atoms with van der Waals surface area (Å²) in [5, 5.41) is 3.77. The van der Waals surface area contributed by atoms with Crippen molar-refractivity contribution in [2.75, 3.05) is 20.3 Å². The average molecular weight is 704 g/mol. The molecule has 0 saturated heterocycles. The molecule has 8 nitrogen and oxygen atoms in total. The fourth-order valence-electron chi connectivity index (χ4n) is 5.40. The Balaban J connectivity index is 0.00000123. The third kappa shape index (κ3) is 6.48. The van der Waals surface area contributed by atoms with E-state index in [2.05, 4.69) is 51.9 Å². The van der Waals surface area contributed by atoms with Gasteiger partial charge in [0.1, 0.15) is 22.7 Å². The third-order valence-corrected chi connectivity index (χ3v) is 8.79. The Kier molecular flexibility index (Phi) is 9.34. The van der Waals surface area contributed by atoms with Crippen LogP contribution in [0.2, 0.25) is 10.0 Å². The molecule has 4 aromatic rings. The van der Waals surface area contributed by atoms with Crippen LogP contribution in [-0.4, -0.2) is 42.5 Å². The van der Waals surface area contributed by atoms with Crippen molar-refractivity contribution in [1.82, 2.24) is 15.3 Å². The first-order valence-electron chi connectivity index (χ1n) is 13.9. The molecule has 1 aliphatic carbocycles. The number of carbonyl (C=O) groups is 2. The number of hydrogen-bond donors (Lipinski definition) is 2. The smallest absolute Gasteiger partial charge is 0.251 e. The number of nitrogens with two attached hydrogens (primary N) is 1. The number of ether oxygens (including phenoxy) is 2. The molecule has 0 radical (unpaired) electrons. The van der Waals surface area contributed by atoms with Gasteiger partial charge in [-0.15, -0.1) is 0 Å². The Morgan fingerprint density at radius 1 is 1.23 bits per heavy atom. The van der Waals surface area contributed by atoms with Gasteiger partial charge in [0.05, 0.1) is 23.8 Å². The monoisotopic (exact) mass is 702 g/mol. The van der Waals surface area contributed by atoms with E-state index in [1.807, 2.05) is 12.1 Å². The molecule has 2 aliphatic rings. The molecule has 44 heavy (non-hydrogen) atoms. The summed E-state index contributed by atoms with van der Waals surface area (Å²) in [5.41, 5.74) is 8.10. The summed E-state index contributed by atoms with van der Waals surface area (Å²) in [6.45, 7) is 5.12. The highest BCUT2D eigenvalue weighted by atomic mass is 79.9. The molecule has 1 fully saturated rings. The number of primary amides is 1.